The lowest BCUT2D eigenvalue weighted by Crippen LogP contribution is -2.44. The lowest BCUT2D eigenvalue weighted by atomic mass is 10.1. The highest BCUT2D eigenvalue weighted by atomic mass is 35.5. The van der Waals surface area contributed by atoms with Crippen molar-refractivity contribution in [2.45, 2.75) is 19.5 Å². The number of rotatable bonds is 6. The van der Waals surface area contributed by atoms with Gasteiger partial charge in [-0.15, -0.1) is 0 Å². The molecular weight excluding hydrogens is 276 g/mol. The molecule has 1 aromatic carbocycles. The van der Waals surface area contributed by atoms with Crippen molar-refractivity contribution in [1.29, 1.82) is 0 Å². The number of hydrogen-bond acceptors (Lipinski definition) is 4. The Morgan fingerprint density at radius 2 is 2.35 bits per heavy atom. The van der Waals surface area contributed by atoms with Crippen molar-refractivity contribution < 1.29 is 9.47 Å². The number of anilines is 1. The van der Waals surface area contributed by atoms with Crippen LogP contribution in [0.2, 0.25) is 5.02 Å². The molecule has 0 aliphatic carbocycles. The number of halogens is 1. The minimum Gasteiger partial charge on any atom is -0.383 e. The maximum atomic E-state index is 6.17. The van der Waals surface area contributed by atoms with Gasteiger partial charge >= 0.3 is 0 Å². The summed E-state index contributed by atoms with van der Waals surface area (Å²) in [5.74, 6) is 0. The molecule has 1 fully saturated rings. The van der Waals surface area contributed by atoms with E-state index < -0.39 is 0 Å². The second-order valence-electron chi connectivity index (χ2n) is 5.06. The molecule has 20 heavy (non-hydrogen) atoms. The van der Waals surface area contributed by atoms with Gasteiger partial charge in [0.1, 0.15) is 0 Å². The van der Waals surface area contributed by atoms with Crippen molar-refractivity contribution in [2.75, 3.05) is 44.9 Å². The Kier molecular flexibility index (Phi) is 6.10. The van der Waals surface area contributed by atoms with Crippen LogP contribution in [0.25, 0.3) is 0 Å². The lowest BCUT2D eigenvalue weighted by molar-refractivity contribution is 0.0988. The number of methoxy groups -OCH3 is 1. The average Bonchev–Trinajstić information content (AvgIpc) is 2.45. The van der Waals surface area contributed by atoms with Crippen LogP contribution in [0.4, 0.5) is 5.69 Å². The van der Waals surface area contributed by atoms with Gasteiger partial charge in [0.05, 0.1) is 19.8 Å². The molecule has 0 amide bonds. The standard InChI is InChI=1S/C15H23ClN2O2/c1-12-11-20-8-6-18(12)15-9-14(16)4-3-13(15)10-17-5-7-19-2/h3-4,9,12,17H,5-8,10-11H2,1-2H3. The molecule has 4 nitrogen and oxygen atoms in total. The number of hydrogen-bond donors (Lipinski definition) is 1. The van der Waals surface area contributed by atoms with E-state index in [1.165, 1.54) is 11.3 Å². The van der Waals surface area contributed by atoms with Gasteiger partial charge in [0, 0.05) is 43.5 Å². The fourth-order valence-corrected chi connectivity index (χ4v) is 2.60. The van der Waals surface area contributed by atoms with E-state index in [9.17, 15) is 0 Å². The van der Waals surface area contributed by atoms with Crippen LogP contribution in [-0.2, 0) is 16.0 Å². The van der Waals surface area contributed by atoms with Crippen molar-refractivity contribution in [3.63, 3.8) is 0 Å². The van der Waals surface area contributed by atoms with Crippen LogP contribution in [0.3, 0.4) is 0 Å². The summed E-state index contributed by atoms with van der Waals surface area (Å²) in [6.45, 7) is 7.01. The molecule has 1 aromatic rings. The molecule has 0 bridgehead atoms. The molecule has 1 aliphatic heterocycles. The van der Waals surface area contributed by atoms with Crippen LogP contribution in [-0.4, -0.2) is 46.1 Å². The smallest absolute Gasteiger partial charge is 0.0668 e. The molecule has 1 unspecified atom stereocenters. The highest BCUT2D eigenvalue weighted by Gasteiger charge is 2.21. The second-order valence-corrected chi connectivity index (χ2v) is 5.50. The summed E-state index contributed by atoms with van der Waals surface area (Å²) < 4.78 is 10.6. The van der Waals surface area contributed by atoms with E-state index in [4.69, 9.17) is 21.1 Å². The fraction of sp³-hybridized carbons (Fsp3) is 0.600. The molecule has 0 radical (unpaired) electrons. The van der Waals surface area contributed by atoms with Gasteiger partial charge in [-0.05, 0) is 24.6 Å². The number of morpholine rings is 1. The van der Waals surface area contributed by atoms with Gasteiger partial charge in [0.25, 0.3) is 0 Å². The van der Waals surface area contributed by atoms with E-state index in [0.29, 0.717) is 6.04 Å². The van der Waals surface area contributed by atoms with Gasteiger partial charge < -0.3 is 19.7 Å². The van der Waals surface area contributed by atoms with Crippen molar-refractivity contribution in [1.82, 2.24) is 5.32 Å². The van der Waals surface area contributed by atoms with Crippen LogP contribution in [0.1, 0.15) is 12.5 Å². The van der Waals surface area contributed by atoms with Gasteiger partial charge in [-0.25, -0.2) is 0 Å². The van der Waals surface area contributed by atoms with Crippen molar-refractivity contribution in [3.8, 4) is 0 Å². The molecule has 0 spiro atoms. The predicted octanol–water partition coefficient (Wildman–Crippen LogP) is 2.30. The summed E-state index contributed by atoms with van der Waals surface area (Å²) in [5.41, 5.74) is 2.47. The van der Waals surface area contributed by atoms with Gasteiger partial charge in [-0.3, -0.25) is 0 Å². The zero-order valence-electron chi connectivity index (χ0n) is 12.2. The first kappa shape index (κ1) is 15.6. The summed E-state index contributed by atoms with van der Waals surface area (Å²) in [6.07, 6.45) is 0. The minimum absolute atomic E-state index is 0.375. The molecule has 1 atom stereocenters. The maximum absolute atomic E-state index is 6.17. The first-order valence-electron chi connectivity index (χ1n) is 7.05. The Hall–Kier alpha value is -0.810. The van der Waals surface area contributed by atoms with E-state index in [1.54, 1.807) is 7.11 Å². The zero-order chi connectivity index (χ0) is 14.4. The zero-order valence-corrected chi connectivity index (χ0v) is 12.9. The first-order valence-corrected chi connectivity index (χ1v) is 7.42. The van der Waals surface area contributed by atoms with Crippen LogP contribution in [0.15, 0.2) is 18.2 Å². The van der Waals surface area contributed by atoms with Gasteiger partial charge in [-0.1, -0.05) is 17.7 Å². The molecule has 0 aromatic heterocycles. The fourth-order valence-electron chi connectivity index (χ4n) is 2.44. The largest absolute Gasteiger partial charge is 0.383 e. The Labute approximate surface area is 126 Å². The molecule has 1 aliphatic rings. The summed E-state index contributed by atoms with van der Waals surface area (Å²) in [4.78, 5) is 2.38. The van der Waals surface area contributed by atoms with Crippen molar-refractivity contribution in [2.24, 2.45) is 0 Å². The molecule has 112 valence electrons. The normalized spacial score (nSPS) is 19.4. The van der Waals surface area contributed by atoms with Gasteiger partial charge in [0.2, 0.25) is 0 Å². The Balaban J connectivity index is 2.10. The Morgan fingerprint density at radius 1 is 1.50 bits per heavy atom. The third-order valence-electron chi connectivity index (χ3n) is 3.52. The molecule has 2 rings (SSSR count). The molecule has 5 heteroatoms. The quantitative estimate of drug-likeness (QED) is 0.817. The summed E-state index contributed by atoms with van der Waals surface area (Å²) >= 11 is 6.17. The van der Waals surface area contributed by atoms with Crippen LogP contribution < -0.4 is 10.2 Å². The third kappa shape index (κ3) is 4.09. The lowest BCUT2D eigenvalue weighted by Gasteiger charge is -2.36. The Bertz CT molecular complexity index is 428. The highest BCUT2D eigenvalue weighted by molar-refractivity contribution is 6.30. The van der Waals surface area contributed by atoms with Crippen molar-refractivity contribution >= 4 is 17.3 Å². The van der Waals surface area contributed by atoms with E-state index in [0.717, 1.165) is 44.5 Å². The molecule has 1 saturated heterocycles. The van der Waals surface area contributed by atoms with Crippen molar-refractivity contribution in [3.05, 3.63) is 28.8 Å². The summed E-state index contributed by atoms with van der Waals surface area (Å²) in [7, 11) is 1.71. The van der Waals surface area contributed by atoms with E-state index in [1.807, 2.05) is 6.07 Å². The third-order valence-corrected chi connectivity index (χ3v) is 3.76. The SMILES string of the molecule is COCCNCc1ccc(Cl)cc1N1CCOCC1C. The molecule has 1 N–H and O–H groups in total. The van der Waals surface area contributed by atoms with E-state index >= 15 is 0 Å². The first-order chi connectivity index (χ1) is 9.72. The van der Waals surface area contributed by atoms with Gasteiger partial charge in [-0.2, -0.15) is 0 Å². The van der Waals surface area contributed by atoms with Gasteiger partial charge in [0.15, 0.2) is 0 Å². The van der Waals surface area contributed by atoms with E-state index in [-0.39, 0.29) is 0 Å². The highest BCUT2D eigenvalue weighted by Crippen LogP contribution is 2.27. The molecular formula is C15H23ClN2O2. The van der Waals surface area contributed by atoms with Crippen LogP contribution in [0.5, 0.6) is 0 Å². The summed E-state index contributed by atoms with van der Waals surface area (Å²) in [5, 5.41) is 4.17. The minimum atomic E-state index is 0.375. The van der Waals surface area contributed by atoms with E-state index in [2.05, 4.69) is 29.3 Å². The number of ether oxygens (including phenoxy) is 2. The number of nitrogens with one attached hydrogen (secondary N) is 1. The predicted molar refractivity (Wildman–Crippen MR) is 82.7 cm³/mol. The number of nitrogens with zero attached hydrogens (tertiary/aromatic N) is 1. The van der Waals surface area contributed by atoms with Crippen LogP contribution >= 0.6 is 11.6 Å². The second kappa shape index (κ2) is 7.84. The summed E-state index contributed by atoms with van der Waals surface area (Å²) in [6, 6.07) is 6.47. The van der Waals surface area contributed by atoms with Crippen LogP contribution in [0, 0.1) is 0 Å². The number of benzene rings is 1. The maximum Gasteiger partial charge on any atom is 0.0668 e. The topological polar surface area (TPSA) is 33.7 Å². The monoisotopic (exact) mass is 298 g/mol. The Morgan fingerprint density at radius 3 is 3.10 bits per heavy atom. The average molecular weight is 299 g/mol. The molecule has 0 saturated carbocycles. The molecule has 1 heterocycles.